The molecule has 1 aliphatic heterocycles. The van der Waals surface area contributed by atoms with Crippen LogP contribution < -0.4 is 4.74 Å². The Balaban J connectivity index is 1.89. The number of pyridine rings is 1. The summed E-state index contributed by atoms with van der Waals surface area (Å²) in [6.45, 7) is 0.710. The third kappa shape index (κ3) is 2.88. The van der Waals surface area contributed by atoms with E-state index in [1.165, 1.54) is 6.20 Å². The van der Waals surface area contributed by atoms with Crippen LogP contribution in [-0.2, 0) is 0 Å². The van der Waals surface area contributed by atoms with Crippen molar-refractivity contribution in [2.24, 2.45) is 0 Å². The molecule has 1 amide bonds. The van der Waals surface area contributed by atoms with Crippen LogP contribution >= 0.6 is 0 Å². The molecule has 1 fully saturated rings. The number of carbonyl (C=O) groups is 1. The van der Waals surface area contributed by atoms with Crippen molar-refractivity contribution in [1.29, 1.82) is 5.26 Å². The largest absolute Gasteiger partial charge is 0.496 e. The fourth-order valence-electron chi connectivity index (χ4n) is 3.03. The number of benzene rings is 1. The van der Waals surface area contributed by atoms with Gasteiger partial charge in [-0.15, -0.1) is 0 Å². The molecule has 0 unspecified atom stereocenters. The fraction of sp³-hybridized carbons (Fsp3) is 0.278. The molecule has 0 N–H and O–H groups in total. The monoisotopic (exact) mass is 307 g/mol. The van der Waals surface area contributed by atoms with Gasteiger partial charge in [0.05, 0.1) is 18.7 Å². The minimum absolute atomic E-state index is 0.00860. The normalized spacial score (nSPS) is 16.9. The van der Waals surface area contributed by atoms with Crippen LogP contribution in [0.3, 0.4) is 0 Å². The minimum Gasteiger partial charge on any atom is -0.496 e. The Labute approximate surface area is 135 Å². The number of nitriles is 1. The molecular formula is C18H17N3O2. The third-order valence-corrected chi connectivity index (χ3v) is 4.14. The first-order valence-corrected chi connectivity index (χ1v) is 7.54. The SMILES string of the molecule is COc1ccccc1[C@H]1CCCN1C(=O)c1ccc(C#N)nc1. The highest BCUT2D eigenvalue weighted by molar-refractivity contribution is 5.94. The van der Waals surface area contributed by atoms with Crippen LogP contribution in [0.15, 0.2) is 42.6 Å². The van der Waals surface area contributed by atoms with E-state index in [9.17, 15) is 4.79 Å². The molecule has 5 nitrogen and oxygen atoms in total. The number of nitrogens with zero attached hydrogens (tertiary/aromatic N) is 3. The van der Waals surface area contributed by atoms with Crippen molar-refractivity contribution in [1.82, 2.24) is 9.88 Å². The summed E-state index contributed by atoms with van der Waals surface area (Å²) in [4.78, 5) is 18.6. The van der Waals surface area contributed by atoms with Gasteiger partial charge in [-0.2, -0.15) is 5.26 Å². The van der Waals surface area contributed by atoms with E-state index >= 15 is 0 Å². The van der Waals surface area contributed by atoms with E-state index in [1.54, 1.807) is 19.2 Å². The predicted molar refractivity (Wildman–Crippen MR) is 85.0 cm³/mol. The van der Waals surface area contributed by atoms with Gasteiger partial charge < -0.3 is 9.64 Å². The second-order valence-corrected chi connectivity index (χ2v) is 5.44. The van der Waals surface area contributed by atoms with Crippen LogP contribution in [0.4, 0.5) is 0 Å². The lowest BCUT2D eigenvalue weighted by Crippen LogP contribution is -2.30. The summed E-state index contributed by atoms with van der Waals surface area (Å²) in [5, 5.41) is 8.81. The van der Waals surface area contributed by atoms with Crippen LogP contribution in [0.1, 0.15) is 40.5 Å². The van der Waals surface area contributed by atoms with E-state index in [-0.39, 0.29) is 11.9 Å². The molecule has 1 saturated heterocycles. The van der Waals surface area contributed by atoms with E-state index in [2.05, 4.69) is 4.98 Å². The Bertz CT molecular complexity index is 750. The van der Waals surface area contributed by atoms with Crippen molar-refractivity contribution in [3.8, 4) is 11.8 Å². The highest BCUT2D eigenvalue weighted by Crippen LogP contribution is 2.37. The number of hydrogen-bond donors (Lipinski definition) is 0. The summed E-state index contributed by atoms with van der Waals surface area (Å²) < 4.78 is 5.44. The van der Waals surface area contributed by atoms with Gasteiger partial charge in [0.1, 0.15) is 17.5 Å². The van der Waals surface area contributed by atoms with Crippen molar-refractivity contribution in [2.45, 2.75) is 18.9 Å². The van der Waals surface area contributed by atoms with Gasteiger partial charge in [0.25, 0.3) is 5.91 Å². The maximum absolute atomic E-state index is 12.8. The number of methoxy groups -OCH3 is 1. The molecule has 2 heterocycles. The molecule has 23 heavy (non-hydrogen) atoms. The Morgan fingerprint density at radius 2 is 2.17 bits per heavy atom. The van der Waals surface area contributed by atoms with Gasteiger partial charge in [-0.25, -0.2) is 4.98 Å². The quantitative estimate of drug-likeness (QED) is 0.874. The average Bonchev–Trinajstić information content (AvgIpc) is 3.10. The zero-order chi connectivity index (χ0) is 16.2. The van der Waals surface area contributed by atoms with E-state index < -0.39 is 0 Å². The van der Waals surface area contributed by atoms with E-state index in [0.717, 1.165) is 24.2 Å². The van der Waals surface area contributed by atoms with Crippen LogP contribution in [0.5, 0.6) is 5.75 Å². The molecule has 1 aromatic carbocycles. The number of ether oxygens (including phenoxy) is 1. The van der Waals surface area contributed by atoms with E-state index in [4.69, 9.17) is 10.00 Å². The second-order valence-electron chi connectivity index (χ2n) is 5.44. The Morgan fingerprint density at radius 1 is 1.35 bits per heavy atom. The van der Waals surface area contributed by atoms with Crippen LogP contribution in [0, 0.1) is 11.3 Å². The predicted octanol–water partition coefficient (Wildman–Crippen LogP) is 2.94. The first-order valence-electron chi connectivity index (χ1n) is 7.54. The fourth-order valence-corrected chi connectivity index (χ4v) is 3.03. The van der Waals surface area contributed by atoms with Crippen molar-refractivity contribution >= 4 is 5.91 Å². The van der Waals surface area contributed by atoms with Gasteiger partial charge in [0.2, 0.25) is 0 Å². The lowest BCUT2D eigenvalue weighted by Gasteiger charge is -2.26. The Morgan fingerprint density at radius 3 is 2.87 bits per heavy atom. The topological polar surface area (TPSA) is 66.2 Å². The van der Waals surface area contributed by atoms with Crippen LogP contribution in [0.25, 0.3) is 0 Å². The number of para-hydroxylation sites is 1. The van der Waals surface area contributed by atoms with Gasteiger partial charge >= 0.3 is 0 Å². The lowest BCUT2D eigenvalue weighted by molar-refractivity contribution is 0.0733. The molecule has 0 saturated carbocycles. The summed E-state index contributed by atoms with van der Waals surface area (Å²) in [6, 6.07) is 13.0. The molecule has 1 aromatic heterocycles. The second kappa shape index (κ2) is 6.49. The molecular weight excluding hydrogens is 290 g/mol. The first kappa shape index (κ1) is 15.0. The number of amides is 1. The maximum atomic E-state index is 12.8. The highest BCUT2D eigenvalue weighted by Gasteiger charge is 2.32. The van der Waals surface area contributed by atoms with Crippen molar-refractivity contribution in [2.75, 3.05) is 13.7 Å². The maximum Gasteiger partial charge on any atom is 0.255 e. The number of aromatic nitrogens is 1. The minimum atomic E-state index is -0.0598. The highest BCUT2D eigenvalue weighted by atomic mass is 16.5. The summed E-state index contributed by atoms with van der Waals surface area (Å²) in [7, 11) is 1.64. The first-order chi connectivity index (χ1) is 11.2. The molecule has 1 aliphatic rings. The Hall–Kier alpha value is -2.87. The molecule has 2 aromatic rings. The summed E-state index contributed by atoms with van der Waals surface area (Å²) in [5.74, 6) is 0.741. The standard InChI is InChI=1S/C18H17N3O2/c1-23-17-7-3-2-5-15(17)16-6-4-10-21(16)18(22)13-8-9-14(11-19)20-12-13/h2-3,5,7-9,12,16H,4,6,10H2,1H3/t16-/m1/s1. The lowest BCUT2D eigenvalue weighted by atomic mass is 10.0. The van der Waals surface area contributed by atoms with Gasteiger partial charge in [0, 0.05) is 18.3 Å². The number of carbonyl (C=O) groups excluding carboxylic acids is 1. The number of likely N-dealkylation sites (tertiary alicyclic amines) is 1. The molecule has 0 aliphatic carbocycles. The summed E-state index contributed by atoms with van der Waals surface area (Å²) in [6.07, 6.45) is 3.34. The zero-order valence-corrected chi connectivity index (χ0v) is 12.9. The molecule has 116 valence electrons. The van der Waals surface area contributed by atoms with E-state index in [0.29, 0.717) is 17.8 Å². The summed E-state index contributed by atoms with van der Waals surface area (Å²) in [5.41, 5.74) is 1.84. The molecule has 0 radical (unpaired) electrons. The smallest absolute Gasteiger partial charge is 0.255 e. The molecule has 3 rings (SSSR count). The van der Waals surface area contributed by atoms with Crippen molar-refractivity contribution < 1.29 is 9.53 Å². The summed E-state index contributed by atoms with van der Waals surface area (Å²) >= 11 is 0. The third-order valence-electron chi connectivity index (χ3n) is 4.14. The zero-order valence-electron chi connectivity index (χ0n) is 12.9. The molecule has 1 atom stereocenters. The average molecular weight is 307 g/mol. The number of hydrogen-bond acceptors (Lipinski definition) is 4. The molecule has 0 spiro atoms. The van der Waals surface area contributed by atoms with Crippen LogP contribution in [-0.4, -0.2) is 29.4 Å². The van der Waals surface area contributed by atoms with Gasteiger partial charge in [0.15, 0.2) is 0 Å². The molecule has 5 heteroatoms. The van der Waals surface area contributed by atoms with Gasteiger partial charge in [-0.05, 0) is 31.0 Å². The number of rotatable bonds is 3. The van der Waals surface area contributed by atoms with Crippen molar-refractivity contribution in [3.63, 3.8) is 0 Å². The molecule has 0 bridgehead atoms. The van der Waals surface area contributed by atoms with Crippen LogP contribution in [0.2, 0.25) is 0 Å². The van der Waals surface area contributed by atoms with Crippen molar-refractivity contribution in [3.05, 3.63) is 59.4 Å². The van der Waals surface area contributed by atoms with Gasteiger partial charge in [-0.1, -0.05) is 18.2 Å². The van der Waals surface area contributed by atoms with E-state index in [1.807, 2.05) is 35.2 Å². The Kier molecular flexibility index (Phi) is 4.24. The van der Waals surface area contributed by atoms with Gasteiger partial charge in [-0.3, -0.25) is 4.79 Å².